The molecule has 1 aliphatic heterocycles. The highest BCUT2D eigenvalue weighted by atomic mass is 16.6. The number of hydrogen-bond donors (Lipinski definition) is 0. The second-order valence-electron chi connectivity index (χ2n) is 8.04. The van der Waals surface area contributed by atoms with Gasteiger partial charge in [0.2, 0.25) is 0 Å². The summed E-state index contributed by atoms with van der Waals surface area (Å²) in [4.78, 5) is 26.9. The molecule has 1 amide bonds. The van der Waals surface area contributed by atoms with Gasteiger partial charge in [0.15, 0.2) is 0 Å². The third kappa shape index (κ3) is 4.47. The number of amides is 1. The van der Waals surface area contributed by atoms with E-state index >= 15 is 0 Å². The van der Waals surface area contributed by atoms with E-state index in [0.717, 1.165) is 38.5 Å². The lowest BCUT2D eigenvalue weighted by atomic mass is 9.81. The van der Waals surface area contributed by atoms with Crippen LogP contribution in [0.4, 0.5) is 4.79 Å². The molecule has 2 fully saturated rings. The normalized spacial score (nSPS) is 30.8. The Bertz CT molecular complexity index is 413. The zero-order valence-corrected chi connectivity index (χ0v) is 14.6. The molecule has 1 heterocycles. The molecule has 0 aromatic rings. The van der Waals surface area contributed by atoms with Gasteiger partial charge in [-0.3, -0.25) is 4.79 Å². The topological polar surface area (TPSA) is 46.6 Å². The molecule has 1 aliphatic carbocycles. The van der Waals surface area contributed by atoms with Crippen molar-refractivity contribution in [2.45, 2.75) is 84.3 Å². The Balaban J connectivity index is 2.15. The standard InChI is InChI=1S/C18H31NO3/c1-13-10-11-19(17(21)22-18(2,3)4)15(12-13)14-8-6-5-7-9-16(14)20/h13-15H,5-12H2,1-4H3. The molecule has 4 nitrogen and oxygen atoms in total. The van der Waals surface area contributed by atoms with E-state index in [2.05, 4.69) is 6.92 Å². The summed E-state index contributed by atoms with van der Waals surface area (Å²) in [5.41, 5.74) is -0.488. The van der Waals surface area contributed by atoms with Crippen LogP contribution in [0.1, 0.15) is 72.6 Å². The van der Waals surface area contributed by atoms with Gasteiger partial charge in [0, 0.05) is 24.9 Å². The Morgan fingerprint density at radius 3 is 2.59 bits per heavy atom. The minimum absolute atomic E-state index is 0.0118. The minimum Gasteiger partial charge on any atom is -0.444 e. The summed E-state index contributed by atoms with van der Waals surface area (Å²) < 4.78 is 5.58. The van der Waals surface area contributed by atoms with E-state index in [1.807, 2.05) is 25.7 Å². The fourth-order valence-corrected chi connectivity index (χ4v) is 3.70. The second kappa shape index (κ2) is 7.01. The van der Waals surface area contributed by atoms with Crippen LogP contribution in [0.15, 0.2) is 0 Å². The maximum absolute atomic E-state index is 12.6. The fraction of sp³-hybridized carbons (Fsp3) is 0.889. The van der Waals surface area contributed by atoms with Crippen molar-refractivity contribution in [2.75, 3.05) is 6.54 Å². The molecule has 3 unspecified atom stereocenters. The van der Waals surface area contributed by atoms with Crippen molar-refractivity contribution in [3.05, 3.63) is 0 Å². The summed E-state index contributed by atoms with van der Waals surface area (Å²) in [6.07, 6.45) is 6.52. The Labute approximate surface area is 134 Å². The number of ketones is 1. The lowest BCUT2D eigenvalue weighted by Gasteiger charge is -2.42. The highest BCUT2D eigenvalue weighted by molar-refractivity contribution is 5.82. The molecule has 0 radical (unpaired) electrons. The first-order valence-electron chi connectivity index (χ1n) is 8.80. The molecule has 1 saturated heterocycles. The molecule has 22 heavy (non-hydrogen) atoms. The van der Waals surface area contributed by atoms with E-state index in [1.54, 1.807) is 0 Å². The Morgan fingerprint density at radius 2 is 1.91 bits per heavy atom. The number of rotatable bonds is 1. The SMILES string of the molecule is CC1CCN(C(=O)OC(C)(C)C)C(C2CCCCCC2=O)C1. The third-order valence-electron chi connectivity index (χ3n) is 4.85. The van der Waals surface area contributed by atoms with Crippen molar-refractivity contribution in [2.24, 2.45) is 11.8 Å². The predicted octanol–water partition coefficient (Wildman–Crippen LogP) is 4.17. The lowest BCUT2D eigenvalue weighted by Crippen LogP contribution is -2.52. The van der Waals surface area contributed by atoms with Crippen LogP contribution in [0.5, 0.6) is 0 Å². The van der Waals surface area contributed by atoms with Gasteiger partial charge in [-0.25, -0.2) is 4.79 Å². The molecule has 0 N–H and O–H groups in total. The predicted molar refractivity (Wildman–Crippen MR) is 86.7 cm³/mol. The summed E-state index contributed by atoms with van der Waals surface area (Å²) in [6.45, 7) is 8.61. The van der Waals surface area contributed by atoms with Gasteiger partial charge in [0.25, 0.3) is 0 Å². The van der Waals surface area contributed by atoms with E-state index in [9.17, 15) is 9.59 Å². The Morgan fingerprint density at radius 1 is 1.18 bits per heavy atom. The molecule has 2 aliphatic rings. The van der Waals surface area contributed by atoms with Crippen LogP contribution in [-0.4, -0.2) is 35.0 Å². The highest BCUT2D eigenvalue weighted by Gasteiger charge is 2.40. The van der Waals surface area contributed by atoms with Crippen molar-refractivity contribution < 1.29 is 14.3 Å². The van der Waals surface area contributed by atoms with Crippen molar-refractivity contribution >= 4 is 11.9 Å². The molecule has 4 heteroatoms. The average Bonchev–Trinajstić information content (AvgIpc) is 2.61. The van der Waals surface area contributed by atoms with E-state index in [0.29, 0.717) is 24.7 Å². The molecule has 1 saturated carbocycles. The van der Waals surface area contributed by atoms with Crippen LogP contribution in [0.2, 0.25) is 0 Å². The van der Waals surface area contributed by atoms with E-state index in [4.69, 9.17) is 4.74 Å². The van der Waals surface area contributed by atoms with Crippen LogP contribution >= 0.6 is 0 Å². The molecule has 126 valence electrons. The molecule has 0 aromatic heterocycles. The van der Waals surface area contributed by atoms with Gasteiger partial charge in [-0.05, 0) is 52.4 Å². The van der Waals surface area contributed by atoms with Gasteiger partial charge < -0.3 is 9.64 Å². The number of likely N-dealkylation sites (tertiary alicyclic amines) is 1. The van der Waals surface area contributed by atoms with Crippen LogP contribution in [0, 0.1) is 11.8 Å². The zero-order valence-electron chi connectivity index (χ0n) is 14.6. The first kappa shape index (κ1) is 17.3. The van der Waals surface area contributed by atoms with E-state index in [-0.39, 0.29) is 18.1 Å². The van der Waals surface area contributed by atoms with Crippen molar-refractivity contribution in [1.29, 1.82) is 0 Å². The Hall–Kier alpha value is -1.06. The number of carbonyl (C=O) groups excluding carboxylic acids is 2. The number of piperidine rings is 1. The molecular weight excluding hydrogens is 278 g/mol. The van der Waals surface area contributed by atoms with Gasteiger partial charge in [-0.2, -0.15) is 0 Å². The van der Waals surface area contributed by atoms with Gasteiger partial charge in [-0.15, -0.1) is 0 Å². The number of hydrogen-bond acceptors (Lipinski definition) is 3. The van der Waals surface area contributed by atoms with Crippen molar-refractivity contribution in [3.8, 4) is 0 Å². The van der Waals surface area contributed by atoms with Crippen LogP contribution in [-0.2, 0) is 9.53 Å². The molecule has 3 atom stereocenters. The zero-order chi connectivity index (χ0) is 16.3. The number of carbonyl (C=O) groups is 2. The molecule has 2 rings (SSSR count). The van der Waals surface area contributed by atoms with Crippen LogP contribution in [0.25, 0.3) is 0 Å². The molecule has 0 aromatic carbocycles. The minimum atomic E-state index is -0.488. The molecule has 0 spiro atoms. The second-order valence-corrected chi connectivity index (χ2v) is 8.04. The average molecular weight is 309 g/mol. The summed E-state index contributed by atoms with van der Waals surface area (Å²) >= 11 is 0. The summed E-state index contributed by atoms with van der Waals surface area (Å²) in [5.74, 6) is 0.933. The highest BCUT2D eigenvalue weighted by Crippen LogP contribution is 2.34. The van der Waals surface area contributed by atoms with E-state index in [1.165, 1.54) is 0 Å². The van der Waals surface area contributed by atoms with Crippen molar-refractivity contribution in [3.63, 3.8) is 0 Å². The van der Waals surface area contributed by atoms with Gasteiger partial charge >= 0.3 is 6.09 Å². The first-order valence-corrected chi connectivity index (χ1v) is 8.80. The summed E-state index contributed by atoms with van der Waals surface area (Å²) in [7, 11) is 0. The molecule has 0 bridgehead atoms. The lowest BCUT2D eigenvalue weighted by molar-refractivity contribution is -0.125. The quantitative estimate of drug-likeness (QED) is 0.683. The summed E-state index contributed by atoms with van der Waals surface area (Å²) in [6, 6.07) is 0.0317. The third-order valence-corrected chi connectivity index (χ3v) is 4.85. The van der Waals surface area contributed by atoms with Gasteiger partial charge in [0.05, 0.1) is 0 Å². The van der Waals surface area contributed by atoms with Gasteiger partial charge in [-0.1, -0.05) is 19.8 Å². The first-order chi connectivity index (χ1) is 10.3. The smallest absolute Gasteiger partial charge is 0.410 e. The van der Waals surface area contributed by atoms with Gasteiger partial charge in [0.1, 0.15) is 11.4 Å². The van der Waals surface area contributed by atoms with Crippen molar-refractivity contribution in [1.82, 2.24) is 4.90 Å². The van der Waals surface area contributed by atoms with E-state index < -0.39 is 5.60 Å². The maximum Gasteiger partial charge on any atom is 0.410 e. The molecular formula is C18H31NO3. The largest absolute Gasteiger partial charge is 0.444 e. The monoisotopic (exact) mass is 309 g/mol. The summed E-state index contributed by atoms with van der Waals surface area (Å²) in [5, 5.41) is 0. The number of nitrogens with zero attached hydrogens (tertiary/aromatic N) is 1. The van der Waals surface area contributed by atoms with Crippen LogP contribution < -0.4 is 0 Å². The number of Topliss-reactive ketones (excluding diaryl/α,β-unsaturated/α-hetero) is 1. The van der Waals surface area contributed by atoms with Crippen LogP contribution in [0.3, 0.4) is 0 Å². The fourth-order valence-electron chi connectivity index (χ4n) is 3.70. The maximum atomic E-state index is 12.6. The number of ether oxygens (including phenoxy) is 1. The Kier molecular flexibility index (Phi) is 5.51.